The molecule has 3 aliphatic rings. The van der Waals surface area contributed by atoms with E-state index < -0.39 is 119 Å². The summed E-state index contributed by atoms with van der Waals surface area (Å²) in [4.78, 5) is 18.6. The Morgan fingerprint density at radius 2 is 1.71 bits per heavy atom. The summed E-state index contributed by atoms with van der Waals surface area (Å²) in [5.74, 6) is -0.728. The summed E-state index contributed by atoms with van der Waals surface area (Å²) >= 11 is 0. The van der Waals surface area contributed by atoms with Crippen LogP contribution in [0.1, 0.15) is 112 Å². The fraction of sp³-hybridized carbons (Fsp3) is 0.788. The number of rotatable bonds is 15. The molecular weight excluding hydrogens is 954 g/mol. The van der Waals surface area contributed by atoms with Crippen molar-refractivity contribution < 1.29 is 65.9 Å². The Hall–Kier alpha value is -3.17. The molecule has 0 radical (unpaired) electrons. The molecule has 18 atom stereocenters. The summed E-state index contributed by atoms with van der Waals surface area (Å²) in [5, 5.41) is 56.2. The SMILES string of the molecule is C#C[C@@]1(O)C[C@@H](C)CN(C)[C@H](C)[C@@H](O)[C@](C)(O)[C@@H](CC)OC(=O)[C@H](C)[C@@H](C2C[C@@](C)(OC)[C@@H](O)[C@H](C)O2)[C@H](C)[C@H]1O[C@H]1C[C@@H](N(C)CCc2cn([C@H](CF)COS(=O)(=O)c3ccc(C)cc3)nn2)C[C@@H](C)O1. The molecule has 0 aliphatic carbocycles. The van der Waals surface area contributed by atoms with Crippen molar-refractivity contribution in [3.63, 3.8) is 0 Å². The Balaban J connectivity index is 1.42. The van der Waals surface area contributed by atoms with Gasteiger partial charge in [-0.15, -0.1) is 11.5 Å². The van der Waals surface area contributed by atoms with Crippen LogP contribution in [0.15, 0.2) is 35.4 Å². The van der Waals surface area contributed by atoms with Crippen LogP contribution in [0.3, 0.4) is 0 Å². The van der Waals surface area contributed by atoms with E-state index in [1.54, 1.807) is 52.9 Å². The van der Waals surface area contributed by atoms with E-state index in [1.165, 1.54) is 30.8 Å². The number of benzene rings is 1. The first-order valence-electron chi connectivity index (χ1n) is 25.5. The maximum absolute atomic E-state index is 14.6. The molecule has 4 heterocycles. The predicted molar refractivity (Wildman–Crippen MR) is 267 cm³/mol. The number of cyclic esters (lactones) is 1. The average Bonchev–Trinajstić information content (AvgIpc) is 3.81. The number of aliphatic hydroxyl groups is 4. The summed E-state index contributed by atoms with van der Waals surface area (Å²) in [6.45, 7) is 17.3. The van der Waals surface area contributed by atoms with Crippen molar-refractivity contribution >= 4 is 16.1 Å². The predicted octanol–water partition coefficient (Wildman–Crippen LogP) is 4.25. The summed E-state index contributed by atoms with van der Waals surface area (Å²) in [6, 6.07) is 4.45. The van der Waals surface area contributed by atoms with Crippen LogP contribution in [-0.2, 0) is 49.2 Å². The molecule has 3 aliphatic heterocycles. The van der Waals surface area contributed by atoms with Gasteiger partial charge in [-0.1, -0.05) is 56.5 Å². The van der Waals surface area contributed by atoms with Crippen LogP contribution < -0.4 is 0 Å². The van der Waals surface area contributed by atoms with E-state index in [0.29, 0.717) is 38.0 Å². The molecule has 18 nitrogen and oxygen atoms in total. The summed E-state index contributed by atoms with van der Waals surface area (Å²) < 4.78 is 78.7. The van der Waals surface area contributed by atoms with Gasteiger partial charge in [-0.2, -0.15) is 8.42 Å². The second-order valence-electron chi connectivity index (χ2n) is 21.7. The van der Waals surface area contributed by atoms with Gasteiger partial charge in [0.15, 0.2) is 11.9 Å². The Labute approximate surface area is 427 Å². The standard InChI is InChI=1S/C52H84FN5O13S/c1-15-43-51(11,62)46(59)36(8)57(13)28-32(4)25-52(63,16-2)48(34(6)45(35(7)49(61)70-43)42-26-50(10,66-14)47(60)37(9)69-42)71-44-24-39(23-33(5)68-44)56(12)22-21-38-29-58(55-54-38)40(27-53)30-67-72(64,65)41-19-17-31(3)18-20-41/h2,17-20,29,32-37,39-40,42-48,59-60,62-63H,15,21-28,30H2,1,3-14H3/t32-,33-,34+,35-,36-,37+,39+,40-,42?,43-,44+,45+,46-,47+,48-,50-,51-,52-/m1/s1. The van der Waals surface area contributed by atoms with Gasteiger partial charge in [-0.25, -0.2) is 9.07 Å². The number of likely N-dealkylation sites (N-methyl/N-ethyl adjacent to an activating group) is 2. The molecule has 0 spiro atoms. The number of nitrogens with zero attached hydrogens (tertiary/aromatic N) is 5. The van der Waals surface area contributed by atoms with Crippen LogP contribution in [0.25, 0.3) is 0 Å². The number of aliphatic hydroxyl groups excluding tert-OH is 2. The molecule has 1 aromatic carbocycles. The van der Waals surface area contributed by atoms with Gasteiger partial charge >= 0.3 is 5.97 Å². The molecule has 408 valence electrons. The van der Waals surface area contributed by atoms with Crippen LogP contribution in [-0.4, -0.2) is 185 Å². The molecule has 0 saturated carbocycles. The van der Waals surface area contributed by atoms with Crippen molar-refractivity contribution in [2.24, 2.45) is 23.7 Å². The lowest BCUT2D eigenvalue weighted by Crippen LogP contribution is -2.61. The van der Waals surface area contributed by atoms with Crippen molar-refractivity contribution in [3.8, 4) is 12.3 Å². The quantitative estimate of drug-likeness (QED) is 0.111. The maximum atomic E-state index is 14.6. The van der Waals surface area contributed by atoms with E-state index in [1.807, 2.05) is 46.7 Å². The Morgan fingerprint density at radius 3 is 2.32 bits per heavy atom. The number of alkyl halides is 1. The number of hydrogen-bond acceptors (Lipinski definition) is 17. The monoisotopic (exact) mass is 1040 g/mol. The number of carbonyl (C=O) groups excluding carboxylic acids is 1. The van der Waals surface area contributed by atoms with Gasteiger partial charge in [0, 0.05) is 63.7 Å². The van der Waals surface area contributed by atoms with Gasteiger partial charge < -0.3 is 53.9 Å². The third-order valence-electron chi connectivity index (χ3n) is 15.9. The van der Waals surface area contributed by atoms with E-state index in [0.717, 1.165) is 5.56 Å². The fourth-order valence-electron chi connectivity index (χ4n) is 11.2. The van der Waals surface area contributed by atoms with Crippen molar-refractivity contribution in [2.75, 3.05) is 47.6 Å². The Morgan fingerprint density at radius 1 is 1.04 bits per heavy atom. The minimum Gasteiger partial charge on any atom is -0.459 e. The largest absolute Gasteiger partial charge is 0.459 e. The van der Waals surface area contributed by atoms with Crippen LogP contribution in [0.5, 0.6) is 0 Å². The molecule has 0 amide bonds. The van der Waals surface area contributed by atoms with Crippen molar-refractivity contribution in [1.82, 2.24) is 24.8 Å². The lowest BCUT2D eigenvalue weighted by Gasteiger charge is -2.51. The number of terminal acetylenes is 1. The van der Waals surface area contributed by atoms with Gasteiger partial charge in [-0.3, -0.25) is 8.98 Å². The first-order valence-corrected chi connectivity index (χ1v) is 26.9. The average molecular weight is 1040 g/mol. The highest BCUT2D eigenvalue weighted by atomic mass is 32.2. The molecular formula is C52H84FN5O13S. The first kappa shape index (κ1) is 59.7. The molecule has 4 N–H and O–H groups in total. The second-order valence-corrected chi connectivity index (χ2v) is 23.3. The van der Waals surface area contributed by atoms with Gasteiger partial charge in [0.2, 0.25) is 0 Å². The number of esters is 1. The number of carbonyl (C=O) groups is 1. The molecule has 1 unspecified atom stereocenters. The van der Waals surface area contributed by atoms with Gasteiger partial charge in [0.1, 0.15) is 42.7 Å². The van der Waals surface area contributed by atoms with Crippen LogP contribution in [0.4, 0.5) is 4.39 Å². The molecule has 72 heavy (non-hydrogen) atoms. The van der Waals surface area contributed by atoms with Gasteiger partial charge in [-0.05, 0) is 98.9 Å². The summed E-state index contributed by atoms with van der Waals surface area (Å²) in [6.07, 6.45) is 2.55. The Kier molecular flexibility index (Phi) is 20.5. The highest BCUT2D eigenvalue weighted by Crippen LogP contribution is 2.45. The summed E-state index contributed by atoms with van der Waals surface area (Å²) in [7, 11) is 1.16. The van der Waals surface area contributed by atoms with Crippen molar-refractivity contribution in [3.05, 3.63) is 41.7 Å². The number of aryl methyl sites for hydroxylation is 1. The zero-order valence-electron chi connectivity index (χ0n) is 44.7. The lowest BCUT2D eigenvalue weighted by molar-refractivity contribution is -0.270. The fourth-order valence-corrected chi connectivity index (χ4v) is 12.1. The maximum Gasteiger partial charge on any atom is 0.309 e. The topological polar surface area (TPSA) is 225 Å². The zero-order valence-corrected chi connectivity index (χ0v) is 45.5. The Bertz CT molecular complexity index is 2220. The molecule has 3 saturated heterocycles. The molecule has 5 rings (SSSR count). The minimum atomic E-state index is -4.13. The number of halogens is 1. The molecule has 2 aromatic rings. The van der Waals surface area contributed by atoms with E-state index in [-0.39, 0.29) is 42.2 Å². The number of hydrogen-bond donors (Lipinski definition) is 4. The minimum absolute atomic E-state index is 0.0289. The van der Waals surface area contributed by atoms with Crippen molar-refractivity contribution in [2.45, 2.75) is 197 Å². The normalized spacial score (nSPS) is 38.6. The molecule has 0 bridgehead atoms. The van der Waals surface area contributed by atoms with Crippen LogP contribution in [0.2, 0.25) is 0 Å². The van der Waals surface area contributed by atoms with Gasteiger partial charge in [0.05, 0.1) is 47.0 Å². The smallest absolute Gasteiger partial charge is 0.309 e. The number of ether oxygens (including phenoxy) is 5. The van der Waals surface area contributed by atoms with Crippen LogP contribution >= 0.6 is 0 Å². The van der Waals surface area contributed by atoms with E-state index >= 15 is 0 Å². The van der Waals surface area contributed by atoms with E-state index in [9.17, 15) is 38.0 Å². The highest BCUT2D eigenvalue weighted by molar-refractivity contribution is 7.86. The van der Waals surface area contributed by atoms with Gasteiger partial charge in [0.25, 0.3) is 10.1 Å². The highest BCUT2D eigenvalue weighted by Gasteiger charge is 2.55. The lowest BCUT2D eigenvalue weighted by atomic mass is 9.68. The van der Waals surface area contributed by atoms with E-state index in [2.05, 4.69) is 21.1 Å². The second kappa shape index (κ2) is 24.7. The molecule has 1 aromatic heterocycles. The third-order valence-corrected chi connectivity index (χ3v) is 17.2. The molecule has 20 heteroatoms. The summed E-state index contributed by atoms with van der Waals surface area (Å²) in [5.41, 5.74) is -3.43. The van der Waals surface area contributed by atoms with Crippen molar-refractivity contribution in [1.29, 1.82) is 0 Å². The zero-order chi connectivity index (χ0) is 53.7. The molecule has 3 fully saturated rings. The number of aromatic nitrogens is 3. The van der Waals surface area contributed by atoms with Crippen LogP contribution in [0, 0.1) is 42.9 Å². The number of methoxy groups -OCH3 is 1. The van der Waals surface area contributed by atoms with E-state index in [4.69, 9.17) is 34.3 Å². The first-order chi connectivity index (χ1) is 33.6. The third kappa shape index (κ3) is 13.8.